The largest absolute Gasteiger partial charge is 0.394 e. The Balaban J connectivity index is 1.61. The maximum absolute atomic E-state index is 10.8. The molecule has 0 amide bonds. The molecule has 3 aliphatic heterocycles. The molecule has 0 radical (unpaired) electrons. The Morgan fingerprint density at radius 1 is 1.00 bits per heavy atom. The summed E-state index contributed by atoms with van der Waals surface area (Å²) in [6.45, 7) is 7.81. The first-order valence-electron chi connectivity index (χ1n) is 10.8. The molecule has 0 aromatic carbocycles. The Morgan fingerprint density at radius 3 is 2.34 bits per heavy atom. The van der Waals surface area contributed by atoms with Crippen LogP contribution < -0.4 is 0 Å². The molecule has 0 spiro atoms. The highest BCUT2D eigenvalue weighted by molar-refractivity contribution is 5.11. The van der Waals surface area contributed by atoms with Gasteiger partial charge in [-0.1, -0.05) is 6.92 Å². The molecular weight excluding hydrogens is 380 g/mol. The van der Waals surface area contributed by atoms with Gasteiger partial charge in [-0.25, -0.2) is 0 Å². The fourth-order valence-electron chi connectivity index (χ4n) is 6.72. The van der Waals surface area contributed by atoms with Gasteiger partial charge in [0.25, 0.3) is 0 Å². The Morgan fingerprint density at radius 2 is 1.69 bits per heavy atom. The van der Waals surface area contributed by atoms with E-state index >= 15 is 0 Å². The fourth-order valence-corrected chi connectivity index (χ4v) is 6.72. The minimum Gasteiger partial charge on any atom is -0.394 e. The van der Waals surface area contributed by atoms with E-state index in [1.54, 1.807) is 0 Å². The SMILES string of the molecule is C[C@@H]1C[C@@H](O)[C@@H]2[C@@H]1C[C@H]1[C@@H](O[C@@H]3O[C@H](CO)[C@@H](O)[C@H](O)[C@H]3O)C[C@]2(C)OC1(C)C. The van der Waals surface area contributed by atoms with Gasteiger partial charge in [0, 0.05) is 18.3 Å². The Kier molecular flexibility index (Phi) is 5.57. The molecule has 8 nitrogen and oxygen atoms in total. The molecule has 2 bridgehead atoms. The molecule has 5 aliphatic rings. The van der Waals surface area contributed by atoms with Crippen LogP contribution in [0.4, 0.5) is 0 Å². The number of hydrogen-bond donors (Lipinski definition) is 5. The zero-order valence-electron chi connectivity index (χ0n) is 17.6. The van der Waals surface area contributed by atoms with E-state index in [1.807, 2.05) is 20.8 Å². The van der Waals surface area contributed by atoms with Gasteiger partial charge >= 0.3 is 0 Å². The van der Waals surface area contributed by atoms with Gasteiger partial charge in [-0.3, -0.25) is 0 Å². The van der Waals surface area contributed by atoms with Crippen molar-refractivity contribution in [2.24, 2.45) is 23.7 Å². The van der Waals surface area contributed by atoms with Crippen molar-refractivity contribution in [1.82, 2.24) is 0 Å². The number of rotatable bonds is 3. The second-order valence-electron chi connectivity index (χ2n) is 10.4. The second kappa shape index (κ2) is 7.38. The first kappa shape index (κ1) is 21.9. The smallest absolute Gasteiger partial charge is 0.186 e. The lowest BCUT2D eigenvalue weighted by atomic mass is 9.76. The Bertz CT molecular complexity index is 611. The predicted octanol–water partition coefficient (Wildman–Crippen LogP) is -0.218. The maximum atomic E-state index is 10.8. The lowest BCUT2D eigenvalue weighted by Crippen LogP contribution is -2.62. The van der Waals surface area contributed by atoms with Crippen LogP contribution in [0.5, 0.6) is 0 Å². The van der Waals surface area contributed by atoms with Crippen LogP contribution in [0.15, 0.2) is 0 Å². The number of aliphatic hydroxyl groups is 5. The molecule has 2 aliphatic carbocycles. The third kappa shape index (κ3) is 3.46. The standard InChI is InChI=1S/C21H36O8/c1-9-5-12(23)15-10(9)6-11-13(7-21(15,4)29-20(11,2)3)27-19-18(26)17(25)16(24)14(8-22)28-19/h9-19,22-26H,5-8H2,1-4H3/t9-,10-,11+,12-,13+,14-,15+,16-,17+,18-,19-,21+/m1/s1. The summed E-state index contributed by atoms with van der Waals surface area (Å²) in [4.78, 5) is 0. The third-order valence-electron chi connectivity index (χ3n) is 8.05. The highest BCUT2D eigenvalue weighted by Gasteiger charge is 2.63. The van der Waals surface area contributed by atoms with E-state index in [0.29, 0.717) is 18.3 Å². The minimum absolute atomic E-state index is 0.0187. The van der Waals surface area contributed by atoms with E-state index in [0.717, 1.165) is 12.8 Å². The summed E-state index contributed by atoms with van der Waals surface area (Å²) in [5, 5.41) is 50.8. The molecule has 5 N–H and O–H groups in total. The quantitative estimate of drug-likeness (QED) is 0.427. The van der Waals surface area contributed by atoms with Crippen LogP contribution in [0.25, 0.3) is 0 Å². The number of ether oxygens (including phenoxy) is 3. The van der Waals surface area contributed by atoms with E-state index < -0.39 is 54.6 Å². The van der Waals surface area contributed by atoms with Crippen molar-refractivity contribution in [3.05, 3.63) is 0 Å². The van der Waals surface area contributed by atoms with Crippen LogP contribution in [0, 0.1) is 23.7 Å². The summed E-state index contributed by atoms with van der Waals surface area (Å²) >= 11 is 0. The molecular formula is C21H36O8. The van der Waals surface area contributed by atoms with E-state index in [-0.39, 0.29) is 17.9 Å². The molecule has 5 fully saturated rings. The number of fused-ring (bicyclic) bond motifs is 2. The summed E-state index contributed by atoms with van der Waals surface area (Å²) in [7, 11) is 0. The van der Waals surface area contributed by atoms with Crippen molar-refractivity contribution >= 4 is 0 Å². The molecule has 8 heteroatoms. The molecule has 3 saturated heterocycles. The maximum Gasteiger partial charge on any atom is 0.186 e. The number of hydrogen-bond acceptors (Lipinski definition) is 8. The van der Waals surface area contributed by atoms with Gasteiger partial charge in [0.05, 0.1) is 30.0 Å². The molecule has 3 heterocycles. The fraction of sp³-hybridized carbons (Fsp3) is 1.00. The van der Waals surface area contributed by atoms with Crippen molar-refractivity contribution in [2.75, 3.05) is 6.61 Å². The van der Waals surface area contributed by atoms with Crippen LogP contribution >= 0.6 is 0 Å². The second-order valence-corrected chi connectivity index (χ2v) is 10.4. The monoisotopic (exact) mass is 416 g/mol. The van der Waals surface area contributed by atoms with E-state index in [9.17, 15) is 25.5 Å². The highest BCUT2D eigenvalue weighted by Crippen LogP contribution is 2.59. The zero-order valence-corrected chi connectivity index (χ0v) is 17.6. The average Bonchev–Trinajstić information content (AvgIpc) is 2.78. The third-order valence-corrected chi connectivity index (χ3v) is 8.05. The van der Waals surface area contributed by atoms with E-state index in [2.05, 4.69) is 6.92 Å². The van der Waals surface area contributed by atoms with Gasteiger partial charge in [-0.05, 0) is 45.4 Å². The lowest BCUT2D eigenvalue weighted by molar-refractivity contribution is -0.335. The molecule has 12 atom stereocenters. The van der Waals surface area contributed by atoms with Crippen LogP contribution in [0.2, 0.25) is 0 Å². The molecule has 168 valence electrons. The Hall–Kier alpha value is -0.320. The van der Waals surface area contributed by atoms with Crippen molar-refractivity contribution < 1.29 is 39.7 Å². The van der Waals surface area contributed by atoms with Crippen LogP contribution in [0.3, 0.4) is 0 Å². The zero-order chi connectivity index (χ0) is 21.3. The summed E-state index contributed by atoms with van der Waals surface area (Å²) < 4.78 is 18.4. The lowest BCUT2D eigenvalue weighted by Gasteiger charge is -2.52. The number of aliphatic hydroxyl groups excluding tert-OH is 5. The van der Waals surface area contributed by atoms with E-state index in [1.165, 1.54) is 0 Å². The molecule has 29 heavy (non-hydrogen) atoms. The van der Waals surface area contributed by atoms with Crippen molar-refractivity contribution in [1.29, 1.82) is 0 Å². The van der Waals surface area contributed by atoms with Crippen LogP contribution in [-0.4, -0.2) is 86.3 Å². The van der Waals surface area contributed by atoms with Crippen molar-refractivity contribution in [3.8, 4) is 0 Å². The highest BCUT2D eigenvalue weighted by atomic mass is 16.7. The molecule has 0 aromatic heterocycles. The normalized spacial score (nSPS) is 56.8. The molecule has 0 unspecified atom stereocenters. The molecule has 0 aromatic rings. The summed E-state index contributed by atoms with van der Waals surface area (Å²) in [6, 6.07) is 0. The molecule has 5 rings (SSSR count). The summed E-state index contributed by atoms with van der Waals surface area (Å²) in [5.74, 6) is 0.751. The summed E-state index contributed by atoms with van der Waals surface area (Å²) in [5.41, 5.74) is -1.07. The van der Waals surface area contributed by atoms with Gasteiger partial charge in [-0.15, -0.1) is 0 Å². The Labute approximate surface area is 171 Å². The van der Waals surface area contributed by atoms with Crippen molar-refractivity contribution in [3.63, 3.8) is 0 Å². The average molecular weight is 417 g/mol. The van der Waals surface area contributed by atoms with Gasteiger partial charge in [0.2, 0.25) is 0 Å². The minimum atomic E-state index is -1.46. The van der Waals surface area contributed by atoms with Crippen LogP contribution in [-0.2, 0) is 14.2 Å². The molecule has 2 saturated carbocycles. The summed E-state index contributed by atoms with van der Waals surface area (Å²) in [6.07, 6.45) is -5.01. The van der Waals surface area contributed by atoms with Gasteiger partial charge in [0.1, 0.15) is 24.4 Å². The van der Waals surface area contributed by atoms with Crippen LogP contribution in [0.1, 0.15) is 47.0 Å². The van der Waals surface area contributed by atoms with Gasteiger partial charge in [-0.2, -0.15) is 0 Å². The van der Waals surface area contributed by atoms with Gasteiger partial charge < -0.3 is 39.7 Å². The first-order valence-corrected chi connectivity index (χ1v) is 10.8. The first-order chi connectivity index (χ1) is 13.5. The van der Waals surface area contributed by atoms with Crippen molar-refractivity contribution in [2.45, 2.75) is 101 Å². The van der Waals surface area contributed by atoms with Gasteiger partial charge in [0.15, 0.2) is 6.29 Å². The topological polar surface area (TPSA) is 129 Å². The predicted molar refractivity (Wildman–Crippen MR) is 102 cm³/mol. The van der Waals surface area contributed by atoms with E-state index in [4.69, 9.17) is 14.2 Å².